The second-order valence-corrected chi connectivity index (χ2v) is 7.36. The predicted molar refractivity (Wildman–Crippen MR) is 114 cm³/mol. The molecule has 5 amide bonds. The second kappa shape index (κ2) is 9.11. The third kappa shape index (κ3) is 4.27. The number of carbonyl (C=O) groups is 5. The fourth-order valence-corrected chi connectivity index (χ4v) is 3.67. The van der Waals surface area contributed by atoms with Crippen LogP contribution in [0.3, 0.4) is 0 Å². The minimum absolute atomic E-state index is 0.0460. The molecule has 10 heteroatoms. The summed E-state index contributed by atoms with van der Waals surface area (Å²) in [6.07, 6.45) is 0. The molecule has 0 radical (unpaired) electrons. The maximum absolute atomic E-state index is 12.7. The molecule has 1 saturated heterocycles. The van der Waals surface area contributed by atoms with Gasteiger partial charge in [-0.15, -0.1) is 0 Å². The van der Waals surface area contributed by atoms with E-state index in [-0.39, 0.29) is 31.0 Å². The molecule has 0 atom stereocenters. The zero-order chi connectivity index (χ0) is 23.5. The number of nitrogens with zero attached hydrogens (tertiary/aromatic N) is 2. The largest absolute Gasteiger partial charge is 0.493 e. The van der Waals surface area contributed by atoms with Crippen molar-refractivity contribution in [2.45, 2.75) is 13.5 Å². The fourth-order valence-electron chi connectivity index (χ4n) is 3.67. The lowest BCUT2D eigenvalue weighted by Gasteiger charge is -2.17. The maximum atomic E-state index is 12.7. The average Bonchev–Trinajstić information content (AvgIpc) is 3.35. The van der Waals surface area contributed by atoms with Gasteiger partial charge in [0.25, 0.3) is 17.7 Å². The zero-order valence-electron chi connectivity index (χ0n) is 17.8. The Morgan fingerprint density at radius 2 is 1.73 bits per heavy atom. The molecule has 0 saturated carbocycles. The lowest BCUT2D eigenvalue weighted by molar-refractivity contribution is -0.130. The van der Waals surface area contributed by atoms with Crippen molar-refractivity contribution in [2.75, 3.05) is 26.3 Å². The van der Waals surface area contributed by atoms with E-state index < -0.39 is 36.3 Å². The van der Waals surface area contributed by atoms with E-state index in [9.17, 15) is 24.0 Å². The van der Waals surface area contributed by atoms with E-state index in [1.54, 1.807) is 43.3 Å². The van der Waals surface area contributed by atoms with Gasteiger partial charge in [0.15, 0.2) is 6.61 Å². The Morgan fingerprint density at radius 3 is 2.33 bits per heavy atom. The van der Waals surface area contributed by atoms with Crippen molar-refractivity contribution < 1.29 is 33.4 Å². The summed E-state index contributed by atoms with van der Waals surface area (Å²) >= 11 is 0. The molecule has 33 heavy (non-hydrogen) atoms. The summed E-state index contributed by atoms with van der Waals surface area (Å²) in [6.45, 7) is 1.91. The lowest BCUT2D eigenvalue weighted by Crippen LogP contribution is -2.37. The van der Waals surface area contributed by atoms with Gasteiger partial charge < -0.3 is 14.8 Å². The Balaban J connectivity index is 1.50. The Bertz CT molecular complexity index is 1130. The van der Waals surface area contributed by atoms with Gasteiger partial charge in [-0.05, 0) is 36.8 Å². The number of urea groups is 1. The molecule has 0 unspecified atom stereocenters. The highest BCUT2D eigenvalue weighted by atomic mass is 16.5. The van der Waals surface area contributed by atoms with Crippen molar-refractivity contribution in [3.05, 3.63) is 64.7 Å². The molecule has 2 aliphatic heterocycles. The number of ether oxygens (including phenoxy) is 2. The molecular formula is C23H21N3O7. The van der Waals surface area contributed by atoms with Crippen LogP contribution < -0.4 is 10.1 Å². The van der Waals surface area contributed by atoms with Crippen molar-refractivity contribution >= 4 is 29.7 Å². The van der Waals surface area contributed by atoms with E-state index in [0.717, 1.165) is 9.80 Å². The molecule has 2 heterocycles. The Labute approximate surface area is 189 Å². The van der Waals surface area contributed by atoms with Crippen LogP contribution in [-0.2, 0) is 16.1 Å². The first-order chi connectivity index (χ1) is 15.9. The van der Waals surface area contributed by atoms with Crippen molar-refractivity contribution in [2.24, 2.45) is 0 Å². The number of fused-ring (bicyclic) bond motifs is 1. The zero-order valence-corrected chi connectivity index (χ0v) is 17.8. The number of imide groups is 2. The molecule has 0 spiro atoms. The standard InChI is InChI=1S/C23H21N3O7/c1-2-32-18-8-7-14(12-26-20(28)15-5-3-4-6-16(15)21(26)29)11-17(18)22(30)33-13-19(27)25-10-9-24-23(25)31/h3-8,11H,2,9-10,12-13H2,1H3,(H,24,31). The van der Waals surface area contributed by atoms with E-state index in [2.05, 4.69) is 5.32 Å². The van der Waals surface area contributed by atoms with Gasteiger partial charge in [-0.25, -0.2) is 9.59 Å². The molecule has 1 N–H and O–H groups in total. The van der Waals surface area contributed by atoms with Crippen molar-refractivity contribution in [3.8, 4) is 5.75 Å². The summed E-state index contributed by atoms with van der Waals surface area (Å²) in [5, 5.41) is 2.50. The molecule has 170 valence electrons. The fraction of sp³-hybridized carbons (Fsp3) is 0.261. The molecule has 0 aliphatic carbocycles. The Morgan fingerprint density at radius 1 is 1.03 bits per heavy atom. The number of nitrogens with one attached hydrogen (secondary N) is 1. The van der Waals surface area contributed by atoms with Crippen molar-refractivity contribution in [3.63, 3.8) is 0 Å². The lowest BCUT2D eigenvalue weighted by atomic mass is 10.1. The first-order valence-corrected chi connectivity index (χ1v) is 10.4. The van der Waals surface area contributed by atoms with Crippen LogP contribution in [-0.4, -0.2) is 65.8 Å². The van der Waals surface area contributed by atoms with Crippen LogP contribution in [0.5, 0.6) is 5.75 Å². The first-order valence-electron chi connectivity index (χ1n) is 10.4. The highest BCUT2D eigenvalue weighted by Crippen LogP contribution is 2.27. The molecule has 0 bridgehead atoms. The molecule has 0 aromatic heterocycles. The van der Waals surface area contributed by atoms with Gasteiger partial charge in [0.2, 0.25) is 0 Å². The monoisotopic (exact) mass is 451 g/mol. The number of hydrogen-bond acceptors (Lipinski definition) is 7. The third-order valence-electron chi connectivity index (χ3n) is 5.27. The summed E-state index contributed by atoms with van der Waals surface area (Å²) in [5.74, 6) is -2.06. The topological polar surface area (TPSA) is 122 Å². The molecule has 10 nitrogen and oxygen atoms in total. The van der Waals surface area contributed by atoms with Gasteiger partial charge in [0.1, 0.15) is 11.3 Å². The van der Waals surface area contributed by atoms with Gasteiger partial charge in [0.05, 0.1) is 24.3 Å². The minimum Gasteiger partial charge on any atom is -0.493 e. The van der Waals surface area contributed by atoms with E-state index in [0.29, 0.717) is 23.2 Å². The third-order valence-corrected chi connectivity index (χ3v) is 5.27. The Kier molecular flexibility index (Phi) is 6.07. The summed E-state index contributed by atoms with van der Waals surface area (Å²) in [6, 6.07) is 10.7. The van der Waals surface area contributed by atoms with Gasteiger partial charge in [-0.3, -0.25) is 24.2 Å². The van der Waals surface area contributed by atoms with Gasteiger partial charge >= 0.3 is 12.0 Å². The SMILES string of the molecule is CCOc1ccc(CN2C(=O)c3ccccc3C2=O)cc1C(=O)OCC(=O)N1CCNC1=O. The van der Waals surface area contributed by atoms with Gasteiger partial charge in [0, 0.05) is 13.1 Å². The molecule has 2 aliphatic rings. The quantitative estimate of drug-likeness (QED) is 0.501. The number of amides is 5. The van der Waals surface area contributed by atoms with E-state index in [1.165, 1.54) is 6.07 Å². The average molecular weight is 451 g/mol. The predicted octanol–water partition coefficient (Wildman–Crippen LogP) is 1.59. The summed E-state index contributed by atoms with van der Waals surface area (Å²) < 4.78 is 10.6. The number of rotatable bonds is 7. The number of carbonyl (C=O) groups excluding carboxylic acids is 5. The smallest absolute Gasteiger partial charge is 0.342 e. The normalized spacial score (nSPS) is 14.9. The Hall–Kier alpha value is -4.21. The van der Waals surface area contributed by atoms with E-state index in [1.807, 2.05) is 0 Å². The van der Waals surface area contributed by atoms with Crippen molar-refractivity contribution in [1.82, 2.24) is 15.1 Å². The first kappa shape index (κ1) is 22.0. The summed E-state index contributed by atoms with van der Waals surface area (Å²) in [4.78, 5) is 63.8. The maximum Gasteiger partial charge on any atom is 0.342 e. The van der Waals surface area contributed by atoms with Crippen LogP contribution >= 0.6 is 0 Å². The summed E-state index contributed by atoms with van der Waals surface area (Å²) in [7, 11) is 0. The highest BCUT2D eigenvalue weighted by molar-refractivity contribution is 6.21. The molecule has 2 aromatic rings. The molecule has 1 fully saturated rings. The van der Waals surface area contributed by atoms with Crippen LogP contribution in [0.15, 0.2) is 42.5 Å². The van der Waals surface area contributed by atoms with Crippen LogP contribution in [0.1, 0.15) is 43.6 Å². The van der Waals surface area contributed by atoms with Gasteiger partial charge in [-0.1, -0.05) is 18.2 Å². The highest BCUT2D eigenvalue weighted by Gasteiger charge is 2.35. The molecule has 4 rings (SSSR count). The molecular weight excluding hydrogens is 430 g/mol. The summed E-state index contributed by atoms with van der Waals surface area (Å²) in [5.41, 5.74) is 1.21. The van der Waals surface area contributed by atoms with Crippen LogP contribution in [0, 0.1) is 0 Å². The van der Waals surface area contributed by atoms with E-state index >= 15 is 0 Å². The van der Waals surface area contributed by atoms with E-state index in [4.69, 9.17) is 9.47 Å². The van der Waals surface area contributed by atoms with Crippen LogP contribution in [0.25, 0.3) is 0 Å². The minimum atomic E-state index is -0.824. The molecule has 2 aromatic carbocycles. The van der Waals surface area contributed by atoms with Crippen molar-refractivity contribution in [1.29, 1.82) is 0 Å². The van der Waals surface area contributed by atoms with Crippen LogP contribution in [0.4, 0.5) is 4.79 Å². The second-order valence-electron chi connectivity index (χ2n) is 7.36. The number of esters is 1. The number of hydrogen-bond donors (Lipinski definition) is 1. The van der Waals surface area contributed by atoms with Crippen LogP contribution in [0.2, 0.25) is 0 Å². The van der Waals surface area contributed by atoms with Gasteiger partial charge in [-0.2, -0.15) is 0 Å². The number of benzene rings is 2.